The van der Waals surface area contributed by atoms with Crippen molar-refractivity contribution in [2.75, 3.05) is 0 Å². The third-order valence-electron chi connectivity index (χ3n) is 12.6. The minimum atomic E-state index is -0.583. The van der Waals surface area contributed by atoms with E-state index < -0.39 is 10.8 Å². The first kappa shape index (κ1) is 30.5. The topological polar surface area (TPSA) is 9.23 Å². The molecule has 55 heavy (non-hydrogen) atoms. The number of fused-ring (bicyclic) bond motifs is 13. The molecule has 0 aromatic heterocycles. The minimum absolute atomic E-state index is 0.460. The third-order valence-corrected chi connectivity index (χ3v) is 12.6. The molecule has 0 saturated carbocycles. The van der Waals surface area contributed by atoms with Crippen molar-refractivity contribution in [2.24, 2.45) is 0 Å². The predicted octanol–water partition coefficient (Wildman–Crippen LogP) is 13.3. The maximum Gasteiger partial charge on any atom is 0.140 e. The van der Waals surface area contributed by atoms with Gasteiger partial charge < -0.3 is 4.74 Å². The Bertz CT molecular complexity index is 2930. The molecule has 0 N–H and O–H groups in total. The monoisotopic (exact) mass is 698 g/mol. The van der Waals surface area contributed by atoms with Gasteiger partial charge in [-0.2, -0.15) is 0 Å². The Kier molecular flexibility index (Phi) is 6.25. The van der Waals surface area contributed by atoms with Crippen molar-refractivity contribution in [3.63, 3.8) is 0 Å². The summed E-state index contributed by atoms with van der Waals surface area (Å²) in [5, 5.41) is 2.52. The zero-order chi connectivity index (χ0) is 36.1. The van der Waals surface area contributed by atoms with Gasteiger partial charge in [-0.05, 0) is 96.2 Å². The largest absolute Gasteiger partial charge is 0.456 e. The van der Waals surface area contributed by atoms with E-state index in [-0.39, 0.29) is 0 Å². The van der Waals surface area contributed by atoms with E-state index in [1.54, 1.807) is 0 Å². The SMILES string of the molecule is c1ccc(C2(c3ccccc3)c3ccccc3Oc3c(-c4ccc5c(c4)C4(c6ccccc6-c6ccccc64)c4cc6ccccc6cc4-5)cccc32)cc1. The van der Waals surface area contributed by atoms with E-state index in [0.717, 1.165) is 33.8 Å². The smallest absolute Gasteiger partial charge is 0.140 e. The maximum absolute atomic E-state index is 7.12. The molecule has 1 heterocycles. The first-order chi connectivity index (χ1) is 27.3. The molecule has 0 saturated heterocycles. The van der Waals surface area contributed by atoms with Crippen molar-refractivity contribution in [2.45, 2.75) is 10.8 Å². The molecule has 1 nitrogen and oxygen atoms in total. The molecule has 1 aliphatic heterocycles. The molecule has 1 heteroatoms. The summed E-state index contributed by atoms with van der Waals surface area (Å²) < 4.78 is 7.12. The Balaban J connectivity index is 1.16. The van der Waals surface area contributed by atoms with E-state index in [1.165, 1.54) is 66.4 Å². The summed E-state index contributed by atoms with van der Waals surface area (Å²) >= 11 is 0. The molecule has 0 bridgehead atoms. The van der Waals surface area contributed by atoms with Gasteiger partial charge in [0, 0.05) is 16.7 Å². The second kappa shape index (κ2) is 11.3. The summed E-state index contributed by atoms with van der Waals surface area (Å²) in [6, 6.07) is 76.1. The van der Waals surface area contributed by atoms with Crippen LogP contribution in [0.1, 0.15) is 44.5 Å². The highest BCUT2D eigenvalue weighted by Gasteiger charge is 2.52. The molecular weight excluding hydrogens is 665 g/mol. The van der Waals surface area contributed by atoms with Crippen molar-refractivity contribution >= 4 is 10.8 Å². The number of hydrogen-bond acceptors (Lipinski definition) is 1. The summed E-state index contributed by atoms with van der Waals surface area (Å²) in [5.41, 5.74) is 16.5. The second-order valence-corrected chi connectivity index (χ2v) is 15.1. The van der Waals surface area contributed by atoms with Gasteiger partial charge in [-0.25, -0.2) is 0 Å². The zero-order valence-electron chi connectivity index (χ0n) is 30.0. The van der Waals surface area contributed by atoms with Crippen molar-refractivity contribution in [3.8, 4) is 44.9 Å². The highest BCUT2D eigenvalue weighted by Crippen LogP contribution is 2.64. The standard InChI is InChI=1S/C54H34O/c1-3-18-38(19-4-1)53(39-20-5-2-6-21-39)47-27-13-14-29-51(47)55-52-40(24-15-28-48(52)53)37-30-31-43-44-32-35-16-7-8-17-36(35)33-50(44)54(49(43)34-37)45-25-11-9-22-41(45)42-23-10-12-26-46(42)54/h1-34H. The Morgan fingerprint density at radius 3 is 1.49 bits per heavy atom. The number of rotatable bonds is 3. The van der Waals surface area contributed by atoms with Crippen LogP contribution in [-0.4, -0.2) is 0 Å². The quantitative estimate of drug-likeness (QED) is 0.178. The molecule has 1 spiro atoms. The molecule has 0 amide bonds. The van der Waals surface area contributed by atoms with Gasteiger partial charge in [0.1, 0.15) is 11.5 Å². The molecule has 0 radical (unpaired) electrons. The van der Waals surface area contributed by atoms with Gasteiger partial charge in [0.2, 0.25) is 0 Å². The molecule has 256 valence electrons. The lowest BCUT2D eigenvalue weighted by atomic mass is 9.63. The maximum atomic E-state index is 7.12. The normalized spacial score (nSPS) is 14.6. The van der Waals surface area contributed by atoms with Crippen LogP contribution in [0.2, 0.25) is 0 Å². The number of ether oxygens (including phenoxy) is 1. The first-order valence-corrected chi connectivity index (χ1v) is 19.2. The summed E-state index contributed by atoms with van der Waals surface area (Å²) in [6.07, 6.45) is 0. The van der Waals surface area contributed by atoms with Crippen LogP contribution in [-0.2, 0) is 10.8 Å². The van der Waals surface area contributed by atoms with E-state index in [1.807, 2.05) is 0 Å². The van der Waals surface area contributed by atoms with Gasteiger partial charge in [0.25, 0.3) is 0 Å². The van der Waals surface area contributed by atoms with Crippen molar-refractivity contribution in [1.82, 2.24) is 0 Å². The molecule has 12 rings (SSSR count). The number of hydrogen-bond donors (Lipinski definition) is 0. The predicted molar refractivity (Wildman–Crippen MR) is 224 cm³/mol. The number of benzene rings is 9. The van der Waals surface area contributed by atoms with Crippen molar-refractivity contribution in [3.05, 3.63) is 251 Å². The molecule has 0 fully saturated rings. The summed E-state index contributed by atoms with van der Waals surface area (Å²) in [5.74, 6) is 1.78. The van der Waals surface area contributed by atoms with Crippen LogP contribution in [0.5, 0.6) is 11.5 Å². The van der Waals surface area contributed by atoms with E-state index in [2.05, 4.69) is 206 Å². The Morgan fingerprint density at radius 1 is 0.291 bits per heavy atom. The second-order valence-electron chi connectivity index (χ2n) is 15.1. The summed E-state index contributed by atoms with van der Waals surface area (Å²) in [7, 11) is 0. The van der Waals surface area contributed by atoms with Gasteiger partial charge >= 0.3 is 0 Å². The van der Waals surface area contributed by atoms with Crippen LogP contribution in [0.15, 0.2) is 206 Å². The molecule has 9 aromatic carbocycles. The minimum Gasteiger partial charge on any atom is -0.456 e. The van der Waals surface area contributed by atoms with Gasteiger partial charge in [-0.1, -0.05) is 182 Å². The lowest BCUT2D eigenvalue weighted by Crippen LogP contribution is -2.34. The molecule has 9 aromatic rings. The fourth-order valence-electron chi connectivity index (χ4n) is 10.4. The van der Waals surface area contributed by atoms with Crippen LogP contribution in [0, 0.1) is 0 Å². The molecule has 3 aliphatic rings. The van der Waals surface area contributed by atoms with E-state index >= 15 is 0 Å². The van der Waals surface area contributed by atoms with Crippen LogP contribution >= 0.6 is 0 Å². The van der Waals surface area contributed by atoms with E-state index in [9.17, 15) is 0 Å². The lowest BCUT2D eigenvalue weighted by Gasteiger charge is -2.42. The first-order valence-electron chi connectivity index (χ1n) is 19.2. The Morgan fingerprint density at radius 2 is 0.800 bits per heavy atom. The fourth-order valence-corrected chi connectivity index (χ4v) is 10.4. The fraction of sp³-hybridized carbons (Fsp3) is 0.0370. The van der Waals surface area contributed by atoms with Gasteiger partial charge in [0.15, 0.2) is 0 Å². The van der Waals surface area contributed by atoms with Crippen molar-refractivity contribution < 1.29 is 4.74 Å². The molecule has 2 aliphatic carbocycles. The van der Waals surface area contributed by atoms with Gasteiger partial charge in [-0.3, -0.25) is 0 Å². The van der Waals surface area contributed by atoms with Crippen LogP contribution in [0.3, 0.4) is 0 Å². The average Bonchev–Trinajstić information content (AvgIpc) is 3.71. The van der Waals surface area contributed by atoms with Gasteiger partial charge in [-0.15, -0.1) is 0 Å². The number of para-hydroxylation sites is 2. The summed E-state index contributed by atoms with van der Waals surface area (Å²) in [4.78, 5) is 0. The van der Waals surface area contributed by atoms with Crippen LogP contribution in [0.25, 0.3) is 44.2 Å². The zero-order valence-corrected chi connectivity index (χ0v) is 30.0. The Hall–Kier alpha value is -6.96. The van der Waals surface area contributed by atoms with Crippen LogP contribution < -0.4 is 4.74 Å². The van der Waals surface area contributed by atoms with E-state index in [4.69, 9.17) is 4.74 Å². The third kappa shape index (κ3) is 3.92. The lowest BCUT2D eigenvalue weighted by molar-refractivity contribution is 0.436. The highest BCUT2D eigenvalue weighted by atomic mass is 16.5. The van der Waals surface area contributed by atoms with E-state index in [0.29, 0.717) is 0 Å². The highest BCUT2D eigenvalue weighted by molar-refractivity contribution is 6.00. The molecule has 0 atom stereocenters. The summed E-state index contributed by atoms with van der Waals surface area (Å²) in [6.45, 7) is 0. The Labute approximate surface area is 320 Å². The van der Waals surface area contributed by atoms with Crippen LogP contribution in [0.4, 0.5) is 0 Å². The van der Waals surface area contributed by atoms with Crippen molar-refractivity contribution in [1.29, 1.82) is 0 Å². The average molecular weight is 699 g/mol. The van der Waals surface area contributed by atoms with Gasteiger partial charge in [0.05, 0.1) is 10.8 Å². The molecule has 0 unspecified atom stereocenters. The molecular formula is C54H34O.